The molecule has 0 aliphatic carbocycles. The van der Waals surface area contributed by atoms with Gasteiger partial charge in [0.05, 0.1) is 6.61 Å². The Bertz CT molecular complexity index is 322. The fourth-order valence-electron chi connectivity index (χ4n) is 1.65. The maximum Gasteiger partial charge on any atom is 0.297 e. The number of nitrogens with zero attached hydrogens (tertiary/aromatic N) is 2. The molecule has 0 saturated carbocycles. The summed E-state index contributed by atoms with van der Waals surface area (Å²) in [6.45, 7) is 10.7. The standard InChI is InChI=1S/C14H26N2O2/c1-11(2)5-7-16(8-6-12(3)4)14-15-13(9-17)10-18-14/h10-12,17H,5-9H2,1-4H3. The Kier molecular flexibility index (Phi) is 6.19. The second-order valence-electron chi connectivity index (χ2n) is 5.63. The highest BCUT2D eigenvalue weighted by Crippen LogP contribution is 2.17. The van der Waals surface area contributed by atoms with Crippen molar-refractivity contribution in [3.8, 4) is 0 Å². The molecule has 0 aliphatic rings. The summed E-state index contributed by atoms with van der Waals surface area (Å²) in [5.74, 6) is 1.33. The topological polar surface area (TPSA) is 49.5 Å². The zero-order valence-electron chi connectivity index (χ0n) is 12.0. The smallest absolute Gasteiger partial charge is 0.297 e. The van der Waals surface area contributed by atoms with Gasteiger partial charge in [-0.05, 0) is 24.7 Å². The molecule has 0 aliphatic heterocycles. The number of aliphatic hydroxyl groups excluding tert-OH is 1. The van der Waals surface area contributed by atoms with E-state index in [-0.39, 0.29) is 6.61 Å². The maximum absolute atomic E-state index is 9.03. The van der Waals surface area contributed by atoms with Crippen LogP contribution in [0.2, 0.25) is 0 Å². The van der Waals surface area contributed by atoms with Crippen LogP contribution in [0.15, 0.2) is 10.7 Å². The first-order chi connectivity index (χ1) is 8.52. The Morgan fingerprint density at radius 2 is 1.72 bits per heavy atom. The van der Waals surface area contributed by atoms with E-state index in [0.29, 0.717) is 23.5 Å². The molecule has 104 valence electrons. The van der Waals surface area contributed by atoms with Crippen LogP contribution in [0.5, 0.6) is 0 Å². The molecule has 0 aromatic carbocycles. The van der Waals surface area contributed by atoms with Crippen LogP contribution in [-0.2, 0) is 6.61 Å². The van der Waals surface area contributed by atoms with E-state index in [9.17, 15) is 0 Å². The summed E-state index contributed by atoms with van der Waals surface area (Å²) in [6, 6.07) is 0.639. The summed E-state index contributed by atoms with van der Waals surface area (Å²) in [4.78, 5) is 6.47. The average Bonchev–Trinajstić information content (AvgIpc) is 2.77. The molecule has 0 fully saturated rings. The van der Waals surface area contributed by atoms with Crippen LogP contribution in [-0.4, -0.2) is 23.2 Å². The van der Waals surface area contributed by atoms with Crippen molar-refractivity contribution < 1.29 is 9.52 Å². The van der Waals surface area contributed by atoms with E-state index in [1.54, 1.807) is 0 Å². The minimum Gasteiger partial charge on any atom is -0.432 e. The van der Waals surface area contributed by atoms with Crippen molar-refractivity contribution in [1.29, 1.82) is 0 Å². The lowest BCUT2D eigenvalue weighted by Crippen LogP contribution is -2.27. The van der Waals surface area contributed by atoms with E-state index < -0.39 is 0 Å². The van der Waals surface area contributed by atoms with Gasteiger partial charge in [0, 0.05) is 13.1 Å². The van der Waals surface area contributed by atoms with Crippen LogP contribution in [0.4, 0.5) is 6.01 Å². The van der Waals surface area contributed by atoms with E-state index >= 15 is 0 Å². The van der Waals surface area contributed by atoms with E-state index in [1.807, 2.05) is 0 Å². The Labute approximate surface area is 110 Å². The highest BCUT2D eigenvalue weighted by molar-refractivity contribution is 5.26. The van der Waals surface area contributed by atoms with Crippen LogP contribution >= 0.6 is 0 Å². The van der Waals surface area contributed by atoms with Crippen LogP contribution in [0.3, 0.4) is 0 Å². The molecule has 0 spiro atoms. The predicted molar refractivity (Wildman–Crippen MR) is 73.5 cm³/mol. The number of aromatic nitrogens is 1. The normalized spacial score (nSPS) is 11.5. The van der Waals surface area contributed by atoms with E-state index in [2.05, 4.69) is 37.6 Å². The second-order valence-corrected chi connectivity index (χ2v) is 5.63. The Balaban J connectivity index is 2.62. The molecule has 0 radical (unpaired) electrons. The van der Waals surface area contributed by atoms with Crippen molar-refractivity contribution in [2.75, 3.05) is 18.0 Å². The lowest BCUT2D eigenvalue weighted by atomic mass is 10.1. The van der Waals surface area contributed by atoms with Crippen LogP contribution in [0.1, 0.15) is 46.2 Å². The van der Waals surface area contributed by atoms with E-state index in [0.717, 1.165) is 25.9 Å². The van der Waals surface area contributed by atoms with Gasteiger partial charge in [0.1, 0.15) is 12.0 Å². The maximum atomic E-state index is 9.03. The molecule has 4 nitrogen and oxygen atoms in total. The van der Waals surface area contributed by atoms with Crippen molar-refractivity contribution in [2.45, 2.75) is 47.1 Å². The molecule has 1 N–H and O–H groups in total. The van der Waals surface area contributed by atoms with Crippen LogP contribution in [0.25, 0.3) is 0 Å². The Morgan fingerprint density at radius 1 is 1.17 bits per heavy atom. The number of aliphatic hydroxyl groups is 1. The lowest BCUT2D eigenvalue weighted by molar-refractivity contribution is 0.276. The Morgan fingerprint density at radius 3 is 2.11 bits per heavy atom. The van der Waals surface area contributed by atoms with Gasteiger partial charge < -0.3 is 14.4 Å². The third-order valence-electron chi connectivity index (χ3n) is 2.92. The number of anilines is 1. The first-order valence-corrected chi connectivity index (χ1v) is 6.83. The van der Waals surface area contributed by atoms with Gasteiger partial charge in [0.15, 0.2) is 0 Å². The van der Waals surface area contributed by atoms with Crippen molar-refractivity contribution in [1.82, 2.24) is 4.98 Å². The van der Waals surface area contributed by atoms with Gasteiger partial charge in [0.2, 0.25) is 0 Å². The molecule has 0 unspecified atom stereocenters. The van der Waals surface area contributed by atoms with Crippen LogP contribution < -0.4 is 4.90 Å². The number of hydrogen-bond acceptors (Lipinski definition) is 4. The largest absolute Gasteiger partial charge is 0.432 e. The van der Waals surface area contributed by atoms with Gasteiger partial charge in [-0.15, -0.1) is 0 Å². The first-order valence-electron chi connectivity index (χ1n) is 6.83. The third kappa shape index (κ3) is 5.08. The van der Waals surface area contributed by atoms with Crippen molar-refractivity contribution in [2.24, 2.45) is 11.8 Å². The SMILES string of the molecule is CC(C)CCN(CCC(C)C)c1nc(CO)co1. The molecule has 1 aromatic rings. The number of oxazole rings is 1. The van der Waals surface area contributed by atoms with E-state index in [4.69, 9.17) is 9.52 Å². The summed E-state index contributed by atoms with van der Waals surface area (Å²) >= 11 is 0. The van der Waals surface area contributed by atoms with Gasteiger partial charge in [-0.2, -0.15) is 4.98 Å². The van der Waals surface area contributed by atoms with Gasteiger partial charge in [0.25, 0.3) is 6.01 Å². The zero-order valence-corrected chi connectivity index (χ0v) is 12.0. The fraction of sp³-hybridized carbons (Fsp3) is 0.786. The molecule has 0 bridgehead atoms. The summed E-state index contributed by atoms with van der Waals surface area (Å²) in [5, 5.41) is 9.03. The van der Waals surface area contributed by atoms with Crippen LogP contribution in [0, 0.1) is 11.8 Å². The molecule has 4 heteroatoms. The molecule has 0 atom stereocenters. The predicted octanol–water partition coefficient (Wildman–Crippen LogP) is 3.07. The quantitative estimate of drug-likeness (QED) is 0.774. The summed E-state index contributed by atoms with van der Waals surface area (Å²) in [6.07, 6.45) is 3.77. The molecule has 1 rings (SSSR count). The molecule has 1 heterocycles. The first kappa shape index (κ1) is 15.0. The monoisotopic (exact) mass is 254 g/mol. The highest BCUT2D eigenvalue weighted by atomic mass is 16.4. The minimum atomic E-state index is -0.0638. The summed E-state index contributed by atoms with van der Waals surface area (Å²) in [7, 11) is 0. The molecule has 18 heavy (non-hydrogen) atoms. The van der Waals surface area contributed by atoms with E-state index in [1.165, 1.54) is 6.26 Å². The van der Waals surface area contributed by atoms with Gasteiger partial charge >= 0.3 is 0 Å². The Hall–Kier alpha value is -1.03. The summed E-state index contributed by atoms with van der Waals surface area (Å²) in [5.41, 5.74) is 0.601. The van der Waals surface area contributed by atoms with Gasteiger partial charge in [-0.1, -0.05) is 27.7 Å². The molecule has 1 aromatic heterocycles. The number of rotatable bonds is 8. The molecule has 0 amide bonds. The highest BCUT2D eigenvalue weighted by Gasteiger charge is 2.14. The zero-order chi connectivity index (χ0) is 13.5. The third-order valence-corrected chi connectivity index (χ3v) is 2.92. The van der Waals surface area contributed by atoms with Gasteiger partial charge in [-0.3, -0.25) is 0 Å². The minimum absolute atomic E-state index is 0.0638. The van der Waals surface area contributed by atoms with Crippen molar-refractivity contribution in [3.05, 3.63) is 12.0 Å². The fourth-order valence-corrected chi connectivity index (χ4v) is 1.65. The molecule has 0 saturated heterocycles. The average molecular weight is 254 g/mol. The van der Waals surface area contributed by atoms with Gasteiger partial charge in [-0.25, -0.2) is 0 Å². The molecular formula is C14H26N2O2. The van der Waals surface area contributed by atoms with Crippen molar-refractivity contribution >= 4 is 6.01 Å². The summed E-state index contributed by atoms with van der Waals surface area (Å²) < 4.78 is 5.44. The molecular weight excluding hydrogens is 228 g/mol. The second kappa shape index (κ2) is 7.41. The van der Waals surface area contributed by atoms with Crippen molar-refractivity contribution in [3.63, 3.8) is 0 Å². The lowest BCUT2D eigenvalue weighted by Gasteiger charge is -2.22. The number of hydrogen-bond donors (Lipinski definition) is 1.